The van der Waals surface area contributed by atoms with Crippen molar-refractivity contribution in [2.75, 3.05) is 26.3 Å². The standard InChI is InChI=1S/C20H29BrN2O6/c1-5-7-22(11(3)4)18(26)16-20-10-12(21)15(29-20)13(19(27)28-6-2)14(20)17(25)23(16)8-9-24/h5,11-16,24H,1,6-10H2,2-4H3/t12?,13-,14+,15-,16-,20+/m0/s1. The molecule has 2 amide bonds. The fraction of sp³-hybridized carbons (Fsp3) is 0.750. The molecule has 0 aliphatic carbocycles. The topological polar surface area (TPSA) is 96.4 Å². The molecule has 3 heterocycles. The summed E-state index contributed by atoms with van der Waals surface area (Å²) in [5, 5.41) is 9.56. The molecule has 8 nitrogen and oxygen atoms in total. The third-order valence-electron chi connectivity index (χ3n) is 6.15. The van der Waals surface area contributed by atoms with Crippen molar-refractivity contribution in [1.82, 2.24) is 9.80 Å². The van der Waals surface area contributed by atoms with Gasteiger partial charge in [-0.15, -0.1) is 6.58 Å². The molecule has 3 aliphatic rings. The second kappa shape index (κ2) is 8.35. The van der Waals surface area contributed by atoms with Crippen LogP contribution in [-0.2, 0) is 23.9 Å². The zero-order valence-electron chi connectivity index (χ0n) is 17.0. The van der Waals surface area contributed by atoms with E-state index in [4.69, 9.17) is 9.47 Å². The Morgan fingerprint density at radius 3 is 2.76 bits per heavy atom. The Hall–Kier alpha value is -1.45. The molecule has 0 radical (unpaired) electrons. The fourth-order valence-electron chi connectivity index (χ4n) is 5.12. The number of ether oxygens (including phenoxy) is 2. The third-order valence-corrected chi connectivity index (χ3v) is 7.00. The molecule has 0 saturated carbocycles. The molecule has 1 spiro atoms. The smallest absolute Gasteiger partial charge is 0.312 e. The summed E-state index contributed by atoms with van der Waals surface area (Å²) in [4.78, 5) is 42.6. The van der Waals surface area contributed by atoms with Gasteiger partial charge in [0.25, 0.3) is 0 Å². The van der Waals surface area contributed by atoms with E-state index in [0.29, 0.717) is 13.0 Å². The zero-order chi connectivity index (χ0) is 21.5. The average molecular weight is 473 g/mol. The van der Waals surface area contributed by atoms with Crippen molar-refractivity contribution in [2.24, 2.45) is 11.8 Å². The number of rotatable bonds is 8. The van der Waals surface area contributed by atoms with Gasteiger partial charge in [0.1, 0.15) is 11.6 Å². The number of amides is 2. The Morgan fingerprint density at radius 1 is 1.52 bits per heavy atom. The monoisotopic (exact) mass is 472 g/mol. The summed E-state index contributed by atoms with van der Waals surface area (Å²) in [5.74, 6) is -2.63. The van der Waals surface area contributed by atoms with Gasteiger partial charge in [-0.3, -0.25) is 14.4 Å². The minimum atomic E-state index is -1.12. The van der Waals surface area contributed by atoms with Crippen LogP contribution in [0.1, 0.15) is 27.2 Å². The molecule has 1 unspecified atom stereocenters. The summed E-state index contributed by atoms with van der Waals surface area (Å²) in [5.41, 5.74) is -1.12. The van der Waals surface area contributed by atoms with Crippen LogP contribution >= 0.6 is 15.9 Å². The Labute approximate surface area is 179 Å². The number of nitrogens with zero attached hydrogens (tertiary/aromatic N) is 2. The number of aliphatic hydroxyl groups is 1. The van der Waals surface area contributed by atoms with E-state index >= 15 is 0 Å². The van der Waals surface area contributed by atoms with E-state index in [2.05, 4.69) is 22.5 Å². The molecule has 2 bridgehead atoms. The lowest BCUT2D eigenvalue weighted by Gasteiger charge is -2.38. The largest absolute Gasteiger partial charge is 0.466 e. The highest BCUT2D eigenvalue weighted by Crippen LogP contribution is 2.60. The molecular formula is C20H29BrN2O6. The van der Waals surface area contributed by atoms with Gasteiger partial charge in [-0.1, -0.05) is 22.0 Å². The lowest BCUT2D eigenvalue weighted by atomic mass is 9.70. The lowest BCUT2D eigenvalue weighted by Crippen LogP contribution is -2.58. The normalized spacial score (nSPS) is 35.2. The highest BCUT2D eigenvalue weighted by molar-refractivity contribution is 9.09. The maximum Gasteiger partial charge on any atom is 0.312 e. The van der Waals surface area contributed by atoms with E-state index in [1.165, 1.54) is 4.90 Å². The molecule has 3 aliphatic heterocycles. The van der Waals surface area contributed by atoms with Gasteiger partial charge in [-0.2, -0.15) is 0 Å². The van der Waals surface area contributed by atoms with E-state index in [9.17, 15) is 19.5 Å². The molecule has 162 valence electrons. The number of aliphatic hydroxyl groups excluding tert-OH is 1. The van der Waals surface area contributed by atoms with Crippen molar-refractivity contribution < 1.29 is 29.0 Å². The van der Waals surface area contributed by atoms with Crippen LogP contribution in [-0.4, -0.2) is 87.6 Å². The number of β-amino-alcohol motifs (C(OH)–C–C–N with tert-alkyl or cyclic N) is 1. The van der Waals surface area contributed by atoms with Crippen molar-refractivity contribution in [3.8, 4) is 0 Å². The van der Waals surface area contributed by atoms with E-state index in [1.54, 1.807) is 17.9 Å². The second-order valence-corrected chi connectivity index (χ2v) is 9.22. The molecule has 3 rings (SSSR count). The van der Waals surface area contributed by atoms with E-state index < -0.39 is 35.6 Å². The zero-order valence-corrected chi connectivity index (χ0v) is 18.6. The summed E-state index contributed by atoms with van der Waals surface area (Å²) >= 11 is 3.59. The number of esters is 1. The van der Waals surface area contributed by atoms with Crippen LogP contribution in [0.5, 0.6) is 0 Å². The number of alkyl halides is 1. The maximum absolute atomic E-state index is 13.6. The number of carbonyl (C=O) groups is 3. The molecule has 1 N–H and O–H groups in total. The molecule has 3 fully saturated rings. The Kier molecular flexibility index (Phi) is 6.41. The van der Waals surface area contributed by atoms with Crippen LogP contribution in [0.4, 0.5) is 0 Å². The SMILES string of the molecule is C=CCN(C(=O)[C@@H]1N(CCO)C(=O)[C@H]2[C@H](C(=O)OCC)[C@H]3O[C@@]12CC3Br)C(C)C. The predicted molar refractivity (Wildman–Crippen MR) is 108 cm³/mol. The van der Waals surface area contributed by atoms with Gasteiger partial charge in [-0.05, 0) is 27.2 Å². The summed E-state index contributed by atoms with van der Waals surface area (Å²) in [6, 6.07) is -1.01. The molecule has 6 atom stereocenters. The summed E-state index contributed by atoms with van der Waals surface area (Å²) < 4.78 is 11.5. The van der Waals surface area contributed by atoms with Crippen molar-refractivity contribution in [2.45, 2.75) is 55.8 Å². The maximum atomic E-state index is 13.6. The summed E-state index contributed by atoms with van der Waals surface area (Å²) in [6.45, 7) is 9.48. The van der Waals surface area contributed by atoms with Crippen molar-refractivity contribution in [1.29, 1.82) is 0 Å². The molecule has 0 aromatic carbocycles. The molecule has 3 saturated heterocycles. The minimum absolute atomic E-state index is 0.00401. The van der Waals surface area contributed by atoms with Gasteiger partial charge in [0.2, 0.25) is 11.8 Å². The van der Waals surface area contributed by atoms with Crippen LogP contribution in [0.15, 0.2) is 12.7 Å². The van der Waals surface area contributed by atoms with Crippen LogP contribution < -0.4 is 0 Å². The highest BCUT2D eigenvalue weighted by Gasteiger charge is 2.77. The van der Waals surface area contributed by atoms with Gasteiger partial charge in [-0.25, -0.2) is 0 Å². The number of hydrogen-bond acceptors (Lipinski definition) is 6. The number of halogens is 1. The number of carbonyl (C=O) groups excluding carboxylic acids is 3. The predicted octanol–water partition coefficient (Wildman–Crippen LogP) is 0.713. The fourth-order valence-corrected chi connectivity index (χ4v) is 6.06. The Balaban J connectivity index is 2.06. The summed E-state index contributed by atoms with van der Waals surface area (Å²) in [6.07, 6.45) is 1.55. The highest BCUT2D eigenvalue weighted by atomic mass is 79.9. The molecule has 29 heavy (non-hydrogen) atoms. The van der Waals surface area contributed by atoms with Gasteiger partial charge >= 0.3 is 5.97 Å². The van der Waals surface area contributed by atoms with Crippen molar-refractivity contribution in [3.05, 3.63) is 12.7 Å². The van der Waals surface area contributed by atoms with Crippen LogP contribution in [0.3, 0.4) is 0 Å². The van der Waals surface area contributed by atoms with Gasteiger partial charge in [0.15, 0.2) is 0 Å². The first-order valence-electron chi connectivity index (χ1n) is 10.1. The molecule has 0 aromatic heterocycles. The quantitative estimate of drug-likeness (QED) is 0.317. The minimum Gasteiger partial charge on any atom is -0.466 e. The molecule has 0 aromatic rings. The van der Waals surface area contributed by atoms with Crippen LogP contribution in [0, 0.1) is 11.8 Å². The van der Waals surface area contributed by atoms with Crippen molar-refractivity contribution >= 4 is 33.7 Å². The van der Waals surface area contributed by atoms with E-state index in [-0.39, 0.29) is 42.4 Å². The Bertz CT molecular complexity index is 700. The third kappa shape index (κ3) is 3.31. The molecule has 9 heteroatoms. The lowest BCUT2D eigenvalue weighted by molar-refractivity contribution is -0.155. The number of hydrogen-bond donors (Lipinski definition) is 1. The number of fused-ring (bicyclic) bond motifs is 1. The van der Waals surface area contributed by atoms with E-state index in [1.807, 2.05) is 13.8 Å². The van der Waals surface area contributed by atoms with Gasteiger partial charge < -0.3 is 24.4 Å². The van der Waals surface area contributed by atoms with Crippen LogP contribution in [0.2, 0.25) is 0 Å². The first-order chi connectivity index (χ1) is 13.7. The first-order valence-corrected chi connectivity index (χ1v) is 11.0. The number of likely N-dealkylation sites (tertiary alicyclic amines) is 1. The van der Waals surface area contributed by atoms with Gasteiger partial charge in [0.05, 0.1) is 31.2 Å². The molecular weight excluding hydrogens is 444 g/mol. The first kappa shape index (κ1) is 22.2. The summed E-state index contributed by atoms with van der Waals surface area (Å²) in [7, 11) is 0. The average Bonchev–Trinajstić information content (AvgIpc) is 3.24. The van der Waals surface area contributed by atoms with Gasteiger partial charge in [0, 0.05) is 24.0 Å². The van der Waals surface area contributed by atoms with Crippen molar-refractivity contribution in [3.63, 3.8) is 0 Å². The Morgan fingerprint density at radius 2 is 2.21 bits per heavy atom. The van der Waals surface area contributed by atoms with E-state index in [0.717, 1.165) is 0 Å². The second-order valence-electron chi connectivity index (χ2n) is 8.04. The van der Waals surface area contributed by atoms with Crippen LogP contribution in [0.25, 0.3) is 0 Å².